The molecule has 3 rings (SSSR count). The first-order valence-electron chi connectivity index (χ1n) is 7.75. The van der Waals surface area contributed by atoms with Crippen molar-refractivity contribution in [3.63, 3.8) is 0 Å². The highest BCUT2D eigenvalue weighted by atomic mass is 35.5. The summed E-state index contributed by atoms with van der Waals surface area (Å²) in [4.78, 5) is 27.5. The fourth-order valence-corrected chi connectivity index (χ4v) is 5.46. The minimum absolute atomic E-state index is 0.0704. The van der Waals surface area contributed by atoms with Crippen LogP contribution < -0.4 is 10.5 Å². The molecule has 0 aliphatic heterocycles. The molecular weight excluding hydrogens is 495 g/mol. The molecule has 2 heterocycles. The van der Waals surface area contributed by atoms with Gasteiger partial charge in [0.2, 0.25) is 10.0 Å². The van der Waals surface area contributed by atoms with Crippen molar-refractivity contribution in [1.82, 2.24) is 4.98 Å². The van der Waals surface area contributed by atoms with Crippen LogP contribution >= 0.6 is 46.3 Å². The minimum atomic E-state index is -3.86. The topological polar surface area (TPSA) is 145 Å². The summed E-state index contributed by atoms with van der Waals surface area (Å²) in [5.74, 6) is -0.606. The van der Waals surface area contributed by atoms with Crippen molar-refractivity contribution in [3.8, 4) is 0 Å². The number of nitrogens with one attached hydrogen (secondary N) is 1. The summed E-state index contributed by atoms with van der Waals surface area (Å²) >= 11 is 14.0. The van der Waals surface area contributed by atoms with Gasteiger partial charge >= 0.3 is 0 Å². The lowest BCUT2D eigenvalue weighted by atomic mass is 10.3. The summed E-state index contributed by atoms with van der Waals surface area (Å²) in [6, 6.07) is 6.31. The Morgan fingerprint density at radius 2 is 1.80 bits per heavy atom. The first kappa shape index (κ1) is 22.5. The molecule has 0 saturated carbocycles. The van der Waals surface area contributed by atoms with Crippen molar-refractivity contribution in [1.29, 1.82) is 0 Å². The van der Waals surface area contributed by atoms with Crippen LogP contribution in [-0.2, 0) is 10.0 Å². The molecule has 1 amide bonds. The van der Waals surface area contributed by atoms with Gasteiger partial charge in [0.25, 0.3) is 11.6 Å². The van der Waals surface area contributed by atoms with Crippen LogP contribution in [0.3, 0.4) is 0 Å². The summed E-state index contributed by atoms with van der Waals surface area (Å²) in [5, 5.41) is 19.4. The van der Waals surface area contributed by atoms with Gasteiger partial charge in [0.05, 0.1) is 24.8 Å². The average Bonchev–Trinajstić information content (AvgIpc) is 3.09. The predicted molar refractivity (Wildman–Crippen MR) is 115 cm³/mol. The maximum Gasteiger partial charge on any atom is 0.294 e. The number of anilines is 1. The summed E-state index contributed by atoms with van der Waals surface area (Å²) in [6.07, 6.45) is 2.71. The molecule has 0 aliphatic rings. The van der Waals surface area contributed by atoms with Gasteiger partial charge in [-0.05, 0) is 24.3 Å². The Morgan fingerprint density at radius 1 is 1.20 bits per heavy atom. The van der Waals surface area contributed by atoms with Crippen LogP contribution in [0.2, 0.25) is 10.0 Å². The summed E-state index contributed by atoms with van der Waals surface area (Å²) in [6.45, 7) is 0. The number of hydrogen-bond donors (Lipinski definition) is 2. The third-order valence-corrected chi connectivity index (χ3v) is 7.73. The zero-order valence-electron chi connectivity index (χ0n) is 14.5. The van der Waals surface area contributed by atoms with Gasteiger partial charge in [0.15, 0.2) is 0 Å². The van der Waals surface area contributed by atoms with Crippen LogP contribution in [-0.4, -0.2) is 24.2 Å². The second kappa shape index (κ2) is 8.88. The number of nitrogens with zero attached hydrogens (tertiary/aromatic N) is 2. The van der Waals surface area contributed by atoms with Gasteiger partial charge in [-0.25, -0.2) is 13.6 Å². The number of thiophene rings is 1. The number of halogens is 2. The zero-order valence-corrected chi connectivity index (χ0v) is 18.5. The van der Waals surface area contributed by atoms with Crippen molar-refractivity contribution < 1.29 is 18.1 Å². The van der Waals surface area contributed by atoms with E-state index >= 15 is 0 Å². The third-order valence-electron chi connectivity index (χ3n) is 3.55. The van der Waals surface area contributed by atoms with Crippen LogP contribution in [0.4, 0.5) is 11.4 Å². The first-order valence-corrected chi connectivity index (χ1v) is 11.7. The van der Waals surface area contributed by atoms with Gasteiger partial charge in [0.1, 0.15) is 9.09 Å². The molecule has 30 heavy (non-hydrogen) atoms. The number of benzene rings is 1. The molecule has 14 heteroatoms. The number of nitro groups is 1. The molecule has 1 aromatic carbocycles. The lowest BCUT2D eigenvalue weighted by molar-refractivity contribution is -0.387. The predicted octanol–water partition coefficient (Wildman–Crippen LogP) is 4.41. The summed E-state index contributed by atoms with van der Waals surface area (Å²) in [5.41, 5.74) is 0.0153. The Hall–Kier alpha value is -2.22. The average molecular weight is 505 g/mol. The number of aromatic nitrogens is 1. The molecule has 156 valence electrons. The monoisotopic (exact) mass is 504 g/mol. The molecule has 0 saturated heterocycles. The highest BCUT2D eigenvalue weighted by Crippen LogP contribution is 2.45. The van der Waals surface area contributed by atoms with Gasteiger partial charge in [-0.3, -0.25) is 19.9 Å². The number of rotatable bonds is 6. The number of pyridine rings is 1. The molecule has 3 N–H and O–H groups in total. The largest absolute Gasteiger partial charge is 0.321 e. The molecule has 3 aromatic rings. The highest BCUT2D eigenvalue weighted by molar-refractivity contribution is 8.01. The van der Waals surface area contributed by atoms with E-state index < -0.39 is 20.9 Å². The van der Waals surface area contributed by atoms with E-state index in [1.165, 1.54) is 36.7 Å². The quantitative estimate of drug-likeness (QED) is 0.373. The van der Waals surface area contributed by atoms with Crippen molar-refractivity contribution in [2.45, 2.75) is 14.0 Å². The molecule has 9 nitrogen and oxygen atoms in total. The van der Waals surface area contributed by atoms with E-state index in [9.17, 15) is 23.3 Å². The molecule has 0 atom stereocenters. The van der Waals surface area contributed by atoms with Gasteiger partial charge in [-0.2, -0.15) is 0 Å². The molecule has 0 aliphatic carbocycles. The van der Waals surface area contributed by atoms with E-state index in [1.54, 1.807) is 0 Å². The lowest BCUT2D eigenvalue weighted by Crippen LogP contribution is -2.13. The zero-order chi connectivity index (χ0) is 22.1. The lowest BCUT2D eigenvalue weighted by Gasteiger charge is -2.04. The van der Waals surface area contributed by atoms with E-state index in [2.05, 4.69) is 10.3 Å². The Balaban J connectivity index is 1.87. The SMILES string of the molecule is NS(=O)(=O)c1ccc(NC(=O)c2cc([N+](=O)[O-])c(Sc3c(Cl)cncc3Cl)s2)cc1. The molecule has 0 unspecified atom stereocenters. The Labute approximate surface area is 188 Å². The minimum Gasteiger partial charge on any atom is -0.321 e. The number of carbonyl (C=O) groups is 1. The Morgan fingerprint density at radius 3 is 2.33 bits per heavy atom. The number of hydrogen-bond acceptors (Lipinski definition) is 8. The number of amides is 1. The van der Waals surface area contributed by atoms with E-state index in [0.29, 0.717) is 4.90 Å². The van der Waals surface area contributed by atoms with Gasteiger partial charge in [-0.1, -0.05) is 35.0 Å². The van der Waals surface area contributed by atoms with E-state index in [4.69, 9.17) is 28.3 Å². The van der Waals surface area contributed by atoms with Gasteiger partial charge in [-0.15, -0.1) is 11.3 Å². The van der Waals surface area contributed by atoms with E-state index in [-0.39, 0.29) is 35.4 Å². The number of carbonyl (C=O) groups excluding carboxylic acids is 1. The molecule has 2 aromatic heterocycles. The van der Waals surface area contributed by atoms with Crippen LogP contribution in [0.25, 0.3) is 0 Å². The highest BCUT2D eigenvalue weighted by Gasteiger charge is 2.25. The molecule has 0 spiro atoms. The van der Waals surface area contributed by atoms with Crippen LogP contribution in [0.5, 0.6) is 0 Å². The molecular formula is C16H10Cl2N4O5S3. The number of nitrogens with two attached hydrogens (primary N) is 1. The normalized spacial score (nSPS) is 11.3. The van der Waals surface area contributed by atoms with Gasteiger partial charge in [0, 0.05) is 24.1 Å². The molecule has 0 fully saturated rings. The summed E-state index contributed by atoms with van der Waals surface area (Å²) in [7, 11) is -3.86. The van der Waals surface area contributed by atoms with Crippen LogP contribution in [0, 0.1) is 10.1 Å². The number of primary sulfonamides is 1. The fraction of sp³-hybridized carbons (Fsp3) is 0. The number of sulfonamides is 1. The van der Waals surface area contributed by atoms with Crippen molar-refractivity contribution in [2.24, 2.45) is 5.14 Å². The van der Waals surface area contributed by atoms with Gasteiger partial charge < -0.3 is 5.32 Å². The maximum absolute atomic E-state index is 12.5. The Bertz CT molecular complexity index is 1230. The van der Waals surface area contributed by atoms with Crippen LogP contribution in [0.1, 0.15) is 9.67 Å². The van der Waals surface area contributed by atoms with E-state index in [1.807, 2.05) is 0 Å². The fourth-order valence-electron chi connectivity index (χ4n) is 2.19. The van der Waals surface area contributed by atoms with Crippen molar-refractivity contribution >= 4 is 73.6 Å². The van der Waals surface area contributed by atoms with E-state index in [0.717, 1.165) is 29.2 Å². The maximum atomic E-state index is 12.5. The van der Waals surface area contributed by atoms with Crippen LogP contribution in [0.15, 0.2) is 56.7 Å². The molecule has 0 radical (unpaired) electrons. The Kier molecular flexibility index (Phi) is 6.65. The summed E-state index contributed by atoms with van der Waals surface area (Å²) < 4.78 is 22.8. The van der Waals surface area contributed by atoms with Crippen molar-refractivity contribution in [3.05, 3.63) is 67.8 Å². The standard InChI is InChI=1S/C16H10Cl2N4O5S3/c17-10-6-20-7-11(18)14(10)29-16-12(22(24)25)5-13(28-16)15(23)21-8-1-3-9(4-2-8)30(19,26)27/h1-7H,(H,21,23)(H2,19,26,27). The molecule has 0 bridgehead atoms. The first-order chi connectivity index (χ1) is 14.1. The second-order valence-corrected chi connectivity index (χ2v) is 10.3. The van der Waals surface area contributed by atoms with Crippen molar-refractivity contribution in [2.75, 3.05) is 5.32 Å². The second-order valence-electron chi connectivity index (χ2n) is 5.60. The smallest absolute Gasteiger partial charge is 0.294 e. The third kappa shape index (κ3) is 5.09.